The Bertz CT molecular complexity index is 468. The molecule has 1 aromatic rings. The summed E-state index contributed by atoms with van der Waals surface area (Å²) in [6.45, 7) is 3.43. The van der Waals surface area contributed by atoms with Gasteiger partial charge in [-0.15, -0.1) is 0 Å². The number of nitrogens with two attached hydrogens (primary N) is 1. The number of hydrogen-bond donors (Lipinski definition) is 2. The third-order valence-corrected chi connectivity index (χ3v) is 3.53. The minimum Gasteiger partial charge on any atom is -0.497 e. The number of Topliss-reactive ketones (excluding diaryl/α,β-unsaturated/α-hetero) is 1. The van der Waals surface area contributed by atoms with Gasteiger partial charge in [-0.3, -0.25) is 4.79 Å². The van der Waals surface area contributed by atoms with Gasteiger partial charge < -0.3 is 15.6 Å². The maximum Gasteiger partial charge on any atom is 0.171 e. The fourth-order valence-corrected chi connectivity index (χ4v) is 2.25. The average molecular weight is 235 g/mol. The molecule has 0 aliphatic heterocycles. The molecule has 0 fully saturated rings. The van der Waals surface area contributed by atoms with Crippen molar-refractivity contribution in [2.45, 2.75) is 26.0 Å². The van der Waals surface area contributed by atoms with Gasteiger partial charge in [0.05, 0.1) is 24.7 Å². The maximum absolute atomic E-state index is 12.2. The van der Waals surface area contributed by atoms with Crippen LogP contribution < -0.4 is 10.5 Å². The summed E-state index contributed by atoms with van der Waals surface area (Å²) in [5, 5.41) is 10.1. The normalized spacial score (nSPS) is 26.5. The minimum atomic E-state index is -0.880. The van der Waals surface area contributed by atoms with E-state index in [0.717, 1.165) is 0 Å². The zero-order valence-electron chi connectivity index (χ0n) is 10.2. The molecule has 0 unspecified atom stereocenters. The quantitative estimate of drug-likeness (QED) is 0.769. The van der Waals surface area contributed by atoms with Gasteiger partial charge in [-0.25, -0.2) is 0 Å². The van der Waals surface area contributed by atoms with E-state index in [1.54, 1.807) is 39.2 Å². The van der Waals surface area contributed by atoms with Gasteiger partial charge in [-0.1, -0.05) is 0 Å². The molecule has 92 valence electrons. The predicted octanol–water partition coefficient (Wildman–Crippen LogP) is 1.28. The first kappa shape index (κ1) is 12.1. The lowest BCUT2D eigenvalue weighted by atomic mass is 9.69. The van der Waals surface area contributed by atoms with Gasteiger partial charge in [0.25, 0.3) is 0 Å². The molecule has 0 saturated carbocycles. The van der Waals surface area contributed by atoms with E-state index in [1.165, 1.54) is 0 Å². The summed E-state index contributed by atoms with van der Waals surface area (Å²) >= 11 is 0. The van der Waals surface area contributed by atoms with Crippen molar-refractivity contribution >= 4 is 5.78 Å². The van der Waals surface area contributed by atoms with Crippen molar-refractivity contribution in [3.05, 3.63) is 29.3 Å². The lowest BCUT2D eigenvalue weighted by Crippen LogP contribution is -2.48. The number of carbonyl (C=O) groups is 1. The molecule has 0 aromatic heterocycles. The average Bonchev–Trinajstić information content (AvgIpc) is 2.33. The van der Waals surface area contributed by atoms with Crippen LogP contribution in [-0.4, -0.2) is 24.1 Å². The number of aliphatic hydroxyl groups is 1. The summed E-state index contributed by atoms with van der Waals surface area (Å²) in [5.41, 5.74) is 6.38. The van der Waals surface area contributed by atoms with Gasteiger partial charge in [-0.05, 0) is 37.6 Å². The number of ether oxygens (including phenoxy) is 1. The van der Waals surface area contributed by atoms with Crippen LogP contribution in [0.3, 0.4) is 0 Å². The molecule has 2 rings (SSSR count). The van der Waals surface area contributed by atoms with E-state index in [-0.39, 0.29) is 5.78 Å². The van der Waals surface area contributed by atoms with E-state index in [2.05, 4.69) is 0 Å². The van der Waals surface area contributed by atoms with Crippen LogP contribution in [0.5, 0.6) is 5.75 Å². The van der Waals surface area contributed by atoms with E-state index in [1.807, 2.05) is 0 Å². The third kappa shape index (κ3) is 1.64. The predicted molar refractivity (Wildman–Crippen MR) is 64.0 cm³/mol. The summed E-state index contributed by atoms with van der Waals surface area (Å²) in [4.78, 5) is 12.2. The van der Waals surface area contributed by atoms with Crippen LogP contribution >= 0.6 is 0 Å². The van der Waals surface area contributed by atoms with Crippen LogP contribution in [0, 0.1) is 5.41 Å². The lowest BCUT2D eigenvalue weighted by Gasteiger charge is -2.39. The van der Waals surface area contributed by atoms with Crippen molar-refractivity contribution < 1.29 is 14.6 Å². The number of rotatable bonds is 1. The molecule has 2 atom stereocenters. The smallest absolute Gasteiger partial charge is 0.171 e. The Hall–Kier alpha value is -1.39. The van der Waals surface area contributed by atoms with Crippen LogP contribution in [0.2, 0.25) is 0 Å². The monoisotopic (exact) mass is 235 g/mol. The van der Waals surface area contributed by atoms with Crippen molar-refractivity contribution in [1.82, 2.24) is 0 Å². The number of hydrogen-bond acceptors (Lipinski definition) is 4. The largest absolute Gasteiger partial charge is 0.497 e. The highest BCUT2D eigenvalue weighted by molar-refractivity contribution is 6.03. The van der Waals surface area contributed by atoms with Crippen molar-refractivity contribution in [3.63, 3.8) is 0 Å². The van der Waals surface area contributed by atoms with Crippen LogP contribution in [0.4, 0.5) is 0 Å². The van der Waals surface area contributed by atoms with Gasteiger partial charge in [0.1, 0.15) is 5.75 Å². The Morgan fingerprint density at radius 2 is 2.06 bits per heavy atom. The Labute approximate surface area is 100 Å². The molecule has 0 heterocycles. The highest BCUT2D eigenvalue weighted by Crippen LogP contribution is 2.40. The summed E-state index contributed by atoms with van der Waals surface area (Å²) in [6.07, 6.45) is -0.880. The fraction of sp³-hybridized carbons (Fsp3) is 0.462. The molecule has 4 nitrogen and oxygen atoms in total. The molecule has 0 bridgehead atoms. The molecule has 4 heteroatoms. The van der Waals surface area contributed by atoms with E-state index >= 15 is 0 Å². The van der Waals surface area contributed by atoms with Crippen molar-refractivity contribution in [2.24, 2.45) is 11.1 Å². The number of aliphatic hydroxyl groups excluding tert-OH is 1. The Balaban J connectivity index is 2.60. The van der Waals surface area contributed by atoms with Gasteiger partial charge in [0.2, 0.25) is 0 Å². The Morgan fingerprint density at radius 3 is 2.65 bits per heavy atom. The van der Waals surface area contributed by atoms with Gasteiger partial charge >= 0.3 is 0 Å². The van der Waals surface area contributed by atoms with Crippen molar-refractivity contribution in [3.8, 4) is 5.75 Å². The fourth-order valence-electron chi connectivity index (χ4n) is 2.25. The zero-order valence-corrected chi connectivity index (χ0v) is 10.2. The minimum absolute atomic E-state index is 0.0793. The molecule has 17 heavy (non-hydrogen) atoms. The first-order valence-electron chi connectivity index (χ1n) is 5.56. The van der Waals surface area contributed by atoms with Gasteiger partial charge in [0.15, 0.2) is 5.78 Å². The second-order valence-corrected chi connectivity index (χ2v) is 4.97. The van der Waals surface area contributed by atoms with Crippen LogP contribution in [0.1, 0.15) is 35.8 Å². The van der Waals surface area contributed by atoms with Crippen LogP contribution in [0.25, 0.3) is 0 Å². The van der Waals surface area contributed by atoms with Crippen LogP contribution in [0.15, 0.2) is 18.2 Å². The summed E-state index contributed by atoms with van der Waals surface area (Å²) in [5.74, 6) is 0.559. The number of benzene rings is 1. The maximum atomic E-state index is 12.2. The van der Waals surface area contributed by atoms with Crippen molar-refractivity contribution in [2.75, 3.05) is 7.11 Å². The van der Waals surface area contributed by atoms with Crippen molar-refractivity contribution in [1.29, 1.82) is 0 Å². The third-order valence-electron chi connectivity index (χ3n) is 3.53. The summed E-state index contributed by atoms with van der Waals surface area (Å²) in [6, 6.07) is 4.60. The first-order chi connectivity index (χ1) is 7.89. The number of carbonyl (C=O) groups excluding carboxylic acids is 1. The molecule has 1 aliphatic rings. The molecule has 1 aromatic carbocycles. The van der Waals surface area contributed by atoms with Gasteiger partial charge in [-0.2, -0.15) is 0 Å². The van der Waals surface area contributed by atoms with Crippen LogP contribution in [-0.2, 0) is 0 Å². The van der Waals surface area contributed by atoms with E-state index in [4.69, 9.17) is 10.5 Å². The van der Waals surface area contributed by atoms with E-state index < -0.39 is 17.6 Å². The molecule has 0 radical (unpaired) electrons. The molecule has 1 aliphatic carbocycles. The van der Waals surface area contributed by atoms with Gasteiger partial charge in [0, 0.05) is 5.56 Å². The Morgan fingerprint density at radius 1 is 1.41 bits per heavy atom. The second kappa shape index (κ2) is 3.82. The second-order valence-electron chi connectivity index (χ2n) is 4.97. The Kier molecular flexibility index (Phi) is 2.72. The SMILES string of the molecule is COc1ccc2c(c1)[C@H](N)[C@@H](O)C(C)(C)C2=O. The molecular formula is C13H17NO3. The lowest BCUT2D eigenvalue weighted by molar-refractivity contribution is 0.0208. The molecule has 0 amide bonds. The molecule has 0 saturated heterocycles. The number of ketones is 1. The highest BCUT2D eigenvalue weighted by atomic mass is 16.5. The number of fused-ring (bicyclic) bond motifs is 1. The molecular weight excluding hydrogens is 218 g/mol. The topological polar surface area (TPSA) is 72.6 Å². The highest BCUT2D eigenvalue weighted by Gasteiger charge is 2.45. The summed E-state index contributed by atoms with van der Waals surface area (Å²) in [7, 11) is 1.55. The molecule has 0 spiro atoms. The van der Waals surface area contributed by atoms with E-state index in [0.29, 0.717) is 16.9 Å². The number of methoxy groups -OCH3 is 1. The van der Waals surface area contributed by atoms with E-state index in [9.17, 15) is 9.90 Å². The molecule has 3 N–H and O–H groups in total. The summed E-state index contributed by atoms with van der Waals surface area (Å²) < 4.78 is 5.10. The zero-order chi connectivity index (χ0) is 12.8. The first-order valence-corrected chi connectivity index (χ1v) is 5.56. The standard InChI is InChI=1S/C13H17NO3/c1-13(2)11(15)8-5-4-7(17-3)6-9(8)10(14)12(13)16/h4-6,10,12,16H,14H2,1-3H3/t10-,12+/m0/s1.